The van der Waals surface area contributed by atoms with Gasteiger partial charge >= 0.3 is 0 Å². The number of carbonyl (C=O) groups is 2. The van der Waals surface area contributed by atoms with Crippen molar-refractivity contribution in [2.24, 2.45) is 0 Å². The van der Waals surface area contributed by atoms with E-state index in [1.165, 1.54) is 0 Å². The van der Waals surface area contributed by atoms with Gasteiger partial charge in [0.05, 0.1) is 11.1 Å². The van der Waals surface area contributed by atoms with Crippen LogP contribution in [0.2, 0.25) is 0 Å². The van der Waals surface area contributed by atoms with E-state index >= 15 is 0 Å². The second-order valence-corrected chi connectivity index (χ2v) is 5.52. The molecular formula is C18H10Cl2O2. The first-order valence-electron chi connectivity index (χ1n) is 6.61. The molecule has 0 atom stereocenters. The molecule has 0 saturated heterocycles. The first kappa shape index (κ1) is 14.8. The van der Waals surface area contributed by atoms with Gasteiger partial charge in [-0.2, -0.15) is 0 Å². The minimum Gasteiger partial charge on any atom is -0.288 e. The van der Waals surface area contributed by atoms with Crippen molar-refractivity contribution in [2.75, 3.05) is 0 Å². The molecule has 2 nitrogen and oxygen atoms in total. The molecule has 0 radical (unpaired) electrons. The predicted octanol–water partition coefficient (Wildman–Crippen LogP) is 4.44. The zero-order chi connectivity index (χ0) is 15.7. The Labute approximate surface area is 137 Å². The van der Waals surface area contributed by atoms with Gasteiger partial charge in [-0.25, -0.2) is 0 Å². The summed E-state index contributed by atoms with van der Waals surface area (Å²) in [4.78, 5) is 25.2. The Morgan fingerprint density at radius 2 is 0.909 bits per heavy atom. The number of ketones is 2. The number of rotatable bonds is 2. The van der Waals surface area contributed by atoms with Crippen molar-refractivity contribution in [2.45, 2.75) is 0 Å². The highest BCUT2D eigenvalue weighted by Gasteiger charge is 2.34. The van der Waals surface area contributed by atoms with Crippen LogP contribution in [0.4, 0.5) is 0 Å². The molecule has 2 aromatic rings. The van der Waals surface area contributed by atoms with Crippen LogP contribution in [0.25, 0.3) is 11.1 Å². The summed E-state index contributed by atoms with van der Waals surface area (Å²) in [5.74, 6) is -0.868. The number of hydrogen-bond donors (Lipinski definition) is 0. The standard InChI is InChI=1S/C18H10Cl2O2/c19-15-13(11-7-3-1-4-8-11)17(21)14(16(20)18(15)22)12-9-5-2-6-10-12/h1-10H. The minimum atomic E-state index is -0.527. The van der Waals surface area contributed by atoms with Crippen molar-refractivity contribution in [3.05, 3.63) is 81.9 Å². The molecule has 0 aromatic heterocycles. The molecular weight excluding hydrogens is 319 g/mol. The van der Waals surface area contributed by atoms with Gasteiger partial charge in [-0.3, -0.25) is 9.59 Å². The molecule has 0 unspecified atom stereocenters. The molecule has 1 aliphatic carbocycles. The SMILES string of the molecule is O=C1C(Cl)=C(c2ccccc2)C(=O)C(c2ccccc2)=C1Cl. The summed E-state index contributed by atoms with van der Waals surface area (Å²) in [6.07, 6.45) is 0. The van der Waals surface area contributed by atoms with Gasteiger partial charge in [0, 0.05) is 0 Å². The maximum atomic E-state index is 12.9. The van der Waals surface area contributed by atoms with Crippen LogP contribution in [0.3, 0.4) is 0 Å². The summed E-state index contributed by atoms with van der Waals surface area (Å²) in [7, 11) is 0. The Kier molecular flexibility index (Phi) is 3.97. The zero-order valence-electron chi connectivity index (χ0n) is 11.3. The third kappa shape index (κ3) is 2.41. The van der Waals surface area contributed by atoms with Crippen molar-refractivity contribution < 1.29 is 9.59 Å². The Morgan fingerprint density at radius 3 is 1.27 bits per heavy atom. The first-order chi connectivity index (χ1) is 10.6. The average molecular weight is 329 g/mol. The predicted molar refractivity (Wildman–Crippen MR) is 88.4 cm³/mol. The Bertz CT molecular complexity index is 751. The van der Waals surface area contributed by atoms with Crippen LogP contribution in [0.1, 0.15) is 11.1 Å². The largest absolute Gasteiger partial charge is 0.288 e. The maximum absolute atomic E-state index is 12.9. The molecule has 0 bridgehead atoms. The highest BCUT2D eigenvalue weighted by atomic mass is 35.5. The van der Waals surface area contributed by atoms with E-state index in [0.29, 0.717) is 11.1 Å². The molecule has 22 heavy (non-hydrogen) atoms. The second-order valence-electron chi connectivity index (χ2n) is 4.77. The van der Waals surface area contributed by atoms with Crippen LogP contribution >= 0.6 is 23.2 Å². The molecule has 0 spiro atoms. The summed E-state index contributed by atoms with van der Waals surface area (Å²) in [5, 5.41) is -0.276. The van der Waals surface area contributed by atoms with Crippen LogP contribution in [-0.2, 0) is 9.59 Å². The summed E-state index contributed by atoms with van der Waals surface area (Å²) in [5.41, 5.74) is 1.58. The number of hydrogen-bond acceptors (Lipinski definition) is 2. The third-order valence-corrected chi connectivity index (χ3v) is 4.14. The molecule has 4 heteroatoms. The van der Waals surface area contributed by atoms with E-state index in [0.717, 1.165) is 0 Å². The van der Waals surface area contributed by atoms with E-state index in [2.05, 4.69) is 0 Å². The normalized spacial score (nSPS) is 15.5. The van der Waals surface area contributed by atoms with Gasteiger partial charge < -0.3 is 0 Å². The number of Topliss-reactive ketones (excluding diaryl/α,β-unsaturated/α-hetero) is 2. The van der Waals surface area contributed by atoms with E-state index in [1.54, 1.807) is 48.5 Å². The van der Waals surface area contributed by atoms with Crippen LogP contribution in [0.15, 0.2) is 70.7 Å². The lowest BCUT2D eigenvalue weighted by Crippen LogP contribution is -2.18. The number of allylic oxidation sites excluding steroid dienone is 4. The Balaban J connectivity index is 2.19. The van der Waals surface area contributed by atoms with E-state index < -0.39 is 5.78 Å². The fourth-order valence-electron chi connectivity index (χ4n) is 2.37. The van der Waals surface area contributed by atoms with Crippen molar-refractivity contribution >= 4 is 45.9 Å². The number of carbonyl (C=O) groups excluding carboxylic acids is 2. The molecule has 0 saturated carbocycles. The molecule has 0 amide bonds. The fraction of sp³-hybridized carbons (Fsp3) is 0. The van der Waals surface area contributed by atoms with Crippen LogP contribution in [0.5, 0.6) is 0 Å². The van der Waals surface area contributed by atoms with E-state index in [4.69, 9.17) is 23.2 Å². The molecule has 0 aliphatic heterocycles. The van der Waals surface area contributed by atoms with Gasteiger partial charge in [-0.15, -0.1) is 0 Å². The Morgan fingerprint density at radius 1 is 0.545 bits per heavy atom. The molecule has 1 aliphatic rings. The van der Waals surface area contributed by atoms with Crippen LogP contribution < -0.4 is 0 Å². The lowest BCUT2D eigenvalue weighted by Gasteiger charge is -2.18. The van der Waals surface area contributed by atoms with Gasteiger partial charge in [-0.1, -0.05) is 83.9 Å². The van der Waals surface area contributed by atoms with Gasteiger partial charge in [0.15, 0.2) is 5.78 Å². The average Bonchev–Trinajstić information content (AvgIpc) is 2.55. The molecule has 0 N–H and O–H groups in total. The van der Waals surface area contributed by atoms with Gasteiger partial charge in [0.25, 0.3) is 0 Å². The van der Waals surface area contributed by atoms with Gasteiger partial charge in [-0.05, 0) is 11.1 Å². The highest BCUT2D eigenvalue weighted by Crippen LogP contribution is 2.38. The molecule has 0 heterocycles. The van der Waals surface area contributed by atoms with Gasteiger partial charge in [0.2, 0.25) is 5.78 Å². The summed E-state index contributed by atoms with van der Waals surface area (Å²) >= 11 is 12.2. The van der Waals surface area contributed by atoms with Crippen LogP contribution in [0, 0.1) is 0 Å². The van der Waals surface area contributed by atoms with E-state index in [9.17, 15) is 9.59 Å². The third-order valence-electron chi connectivity index (χ3n) is 3.42. The molecule has 3 rings (SSSR count). The highest BCUT2D eigenvalue weighted by molar-refractivity contribution is 6.68. The van der Waals surface area contributed by atoms with Crippen LogP contribution in [-0.4, -0.2) is 11.6 Å². The summed E-state index contributed by atoms with van der Waals surface area (Å²) in [6, 6.07) is 17.8. The van der Waals surface area contributed by atoms with Crippen molar-refractivity contribution in [3.63, 3.8) is 0 Å². The quantitative estimate of drug-likeness (QED) is 0.764. The van der Waals surface area contributed by atoms with Crippen molar-refractivity contribution in [1.29, 1.82) is 0 Å². The monoisotopic (exact) mass is 328 g/mol. The fourth-order valence-corrected chi connectivity index (χ4v) is 3.00. The van der Waals surface area contributed by atoms with Crippen molar-refractivity contribution in [3.8, 4) is 0 Å². The smallest absolute Gasteiger partial charge is 0.217 e. The lowest BCUT2D eigenvalue weighted by atomic mass is 9.87. The summed E-state index contributed by atoms with van der Waals surface area (Å²) in [6.45, 7) is 0. The number of halogens is 2. The Hall–Kier alpha value is -2.16. The number of benzene rings is 2. The molecule has 108 valence electrons. The van der Waals surface area contributed by atoms with Crippen molar-refractivity contribution in [1.82, 2.24) is 0 Å². The minimum absolute atomic E-state index is 0.138. The van der Waals surface area contributed by atoms with Gasteiger partial charge in [0.1, 0.15) is 10.1 Å². The van der Waals surface area contributed by atoms with E-state index in [1.807, 2.05) is 12.1 Å². The zero-order valence-corrected chi connectivity index (χ0v) is 12.9. The molecule has 0 fully saturated rings. The maximum Gasteiger partial charge on any atom is 0.217 e. The van der Waals surface area contributed by atoms with E-state index in [-0.39, 0.29) is 27.0 Å². The molecule has 2 aromatic carbocycles. The topological polar surface area (TPSA) is 34.1 Å². The summed E-state index contributed by atoms with van der Waals surface area (Å²) < 4.78 is 0. The lowest BCUT2D eigenvalue weighted by molar-refractivity contribution is -0.113. The second kappa shape index (κ2) is 5.91. The first-order valence-corrected chi connectivity index (χ1v) is 7.36.